The van der Waals surface area contributed by atoms with Crippen molar-refractivity contribution in [2.75, 3.05) is 22.6 Å². The lowest BCUT2D eigenvalue weighted by Gasteiger charge is -2.15. The summed E-state index contributed by atoms with van der Waals surface area (Å²) in [6.45, 7) is 1.90. The summed E-state index contributed by atoms with van der Waals surface area (Å²) in [6.07, 6.45) is 4.26. The zero-order chi connectivity index (χ0) is 17.8. The molecule has 0 radical (unpaired) electrons. The van der Waals surface area contributed by atoms with Gasteiger partial charge in [0.15, 0.2) is 9.84 Å². The van der Waals surface area contributed by atoms with E-state index in [1.54, 1.807) is 15.6 Å². The summed E-state index contributed by atoms with van der Waals surface area (Å²) in [7, 11) is -1.18. The maximum absolute atomic E-state index is 12.2. The third-order valence-corrected chi connectivity index (χ3v) is 7.64. The number of hydrogen-bond donors (Lipinski definition) is 1. The van der Waals surface area contributed by atoms with E-state index in [2.05, 4.69) is 15.5 Å². The lowest BCUT2D eigenvalue weighted by molar-refractivity contribution is -0.113. The van der Waals surface area contributed by atoms with E-state index in [1.165, 1.54) is 11.8 Å². The second-order valence-electron chi connectivity index (χ2n) is 6.54. The molecule has 0 bridgehead atoms. The van der Waals surface area contributed by atoms with Crippen LogP contribution in [0.2, 0.25) is 0 Å². The zero-order valence-corrected chi connectivity index (χ0v) is 15.6. The molecule has 0 aliphatic carbocycles. The molecule has 10 heteroatoms. The number of fused-ring (bicyclic) bond motifs is 1. The van der Waals surface area contributed by atoms with Crippen LogP contribution in [0.15, 0.2) is 12.4 Å². The van der Waals surface area contributed by atoms with Gasteiger partial charge in [-0.1, -0.05) is 0 Å². The molecule has 1 amide bonds. The fourth-order valence-corrected chi connectivity index (χ4v) is 6.33. The Morgan fingerprint density at radius 2 is 2.20 bits per heavy atom. The summed E-state index contributed by atoms with van der Waals surface area (Å²) in [4.78, 5) is 12.2. The molecule has 0 unspecified atom stereocenters. The van der Waals surface area contributed by atoms with Crippen LogP contribution in [0.5, 0.6) is 0 Å². The van der Waals surface area contributed by atoms with Crippen LogP contribution in [0.1, 0.15) is 34.5 Å². The molecule has 2 aromatic heterocycles. The van der Waals surface area contributed by atoms with Crippen LogP contribution in [0, 0.1) is 6.92 Å². The summed E-state index contributed by atoms with van der Waals surface area (Å²) in [6, 6.07) is -0.231. The van der Waals surface area contributed by atoms with E-state index in [4.69, 9.17) is 0 Å². The van der Waals surface area contributed by atoms with Gasteiger partial charge in [-0.15, -0.1) is 11.8 Å². The molecule has 1 saturated heterocycles. The number of nitrogens with zero attached hydrogens (tertiary/aromatic N) is 4. The Bertz CT molecular complexity index is 947. The maximum Gasteiger partial charge on any atom is 0.235 e. The molecule has 4 rings (SSSR count). The van der Waals surface area contributed by atoms with Gasteiger partial charge in [0, 0.05) is 24.4 Å². The number of rotatable bonds is 2. The van der Waals surface area contributed by atoms with E-state index in [0.29, 0.717) is 18.0 Å². The van der Waals surface area contributed by atoms with Crippen LogP contribution >= 0.6 is 11.8 Å². The molecule has 2 aromatic rings. The van der Waals surface area contributed by atoms with E-state index in [0.717, 1.165) is 16.8 Å². The minimum absolute atomic E-state index is 0.0607. The number of nitrogens with one attached hydrogen (secondary N) is 1. The Hall–Kier alpha value is -1.81. The topological polar surface area (TPSA) is 98.9 Å². The van der Waals surface area contributed by atoms with Gasteiger partial charge in [0.2, 0.25) is 5.91 Å². The number of amides is 1. The maximum atomic E-state index is 12.2. The average Bonchev–Trinajstić information content (AvgIpc) is 3.16. The average molecular weight is 381 g/mol. The minimum atomic E-state index is -3.04. The van der Waals surface area contributed by atoms with Crippen molar-refractivity contribution >= 4 is 33.3 Å². The SMILES string of the molecule is Cc1nn([C@@H]2CCS(=O)(=O)C2)c2c1[C@H](c1cnn(C)c1)SCC(=O)N2. The highest BCUT2D eigenvalue weighted by molar-refractivity contribution is 8.00. The Kier molecular flexibility index (Phi) is 3.91. The van der Waals surface area contributed by atoms with Gasteiger partial charge in [-0.3, -0.25) is 9.48 Å². The number of aryl methyl sites for hydroxylation is 2. The van der Waals surface area contributed by atoms with E-state index >= 15 is 0 Å². The summed E-state index contributed by atoms with van der Waals surface area (Å²) < 4.78 is 27.2. The Morgan fingerprint density at radius 3 is 2.84 bits per heavy atom. The normalized spacial score (nSPS) is 25.4. The molecule has 1 N–H and O–H groups in total. The number of carbonyl (C=O) groups excluding carboxylic acids is 1. The highest BCUT2D eigenvalue weighted by atomic mass is 32.2. The largest absolute Gasteiger partial charge is 0.310 e. The first-order valence-electron chi connectivity index (χ1n) is 8.03. The van der Waals surface area contributed by atoms with Gasteiger partial charge >= 0.3 is 0 Å². The standard InChI is InChI=1S/C15H19N5O3S2/c1-9-13-14(10-5-16-19(2)6-10)24-7-12(21)17-15(13)20(18-9)11-3-4-25(22,23)8-11/h5-6,11,14H,3-4,7-8H2,1-2H3,(H,17,21)/t11-,14+/m1/s1. The molecule has 0 saturated carbocycles. The Balaban J connectivity index is 1.82. The molecule has 8 nitrogen and oxygen atoms in total. The Labute approximate surface area is 149 Å². The van der Waals surface area contributed by atoms with Gasteiger partial charge in [-0.2, -0.15) is 10.2 Å². The van der Waals surface area contributed by atoms with Crippen molar-refractivity contribution < 1.29 is 13.2 Å². The first-order chi connectivity index (χ1) is 11.8. The second kappa shape index (κ2) is 5.87. The van der Waals surface area contributed by atoms with Gasteiger partial charge in [-0.05, 0) is 13.3 Å². The summed E-state index contributed by atoms with van der Waals surface area (Å²) in [5.41, 5.74) is 2.75. The predicted octanol–water partition coefficient (Wildman–Crippen LogP) is 1.06. The van der Waals surface area contributed by atoms with E-state index in [9.17, 15) is 13.2 Å². The third-order valence-electron chi connectivity index (χ3n) is 4.61. The fourth-order valence-electron chi connectivity index (χ4n) is 3.48. The molecule has 2 aliphatic rings. The fraction of sp³-hybridized carbons (Fsp3) is 0.533. The smallest absolute Gasteiger partial charge is 0.235 e. The number of hydrogen-bond acceptors (Lipinski definition) is 6. The first-order valence-corrected chi connectivity index (χ1v) is 10.9. The highest BCUT2D eigenvalue weighted by Gasteiger charge is 2.36. The van der Waals surface area contributed by atoms with E-state index in [1.807, 2.05) is 20.2 Å². The highest BCUT2D eigenvalue weighted by Crippen LogP contribution is 2.44. The molecular weight excluding hydrogens is 362 g/mol. The summed E-state index contributed by atoms with van der Waals surface area (Å²) >= 11 is 1.53. The predicted molar refractivity (Wildman–Crippen MR) is 95.4 cm³/mol. The first kappa shape index (κ1) is 16.6. The summed E-state index contributed by atoms with van der Waals surface area (Å²) in [5, 5.41) is 11.7. The number of aromatic nitrogens is 4. The zero-order valence-electron chi connectivity index (χ0n) is 14.0. The van der Waals surface area contributed by atoms with Gasteiger partial charge in [0.25, 0.3) is 0 Å². The van der Waals surface area contributed by atoms with Crippen molar-refractivity contribution in [3.63, 3.8) is 0 Å². The van der Waals surface area contributed by atoms with Crippen molar-refractivity contribution in [3.8, 4) is 0 Å². The number of carbonyl (C=O) groups is 1. The minimum Gasteiger partial charge on any atom is -0.310 e. The van der Waals surface area contributed by atoms with Crippen LogP contribution in [0.3, 0.4) is 0 Å². The molecule has 2 aliphatic heterocycles. The van der Waals surface area contributed by atoms with Crippen LogP contribution in [0.25, 0.3) is 0 Å². The quantitative estimate of drug-likeness (QED) is 0.835. The Morgan fingerprint density at radius 1 is 1.40 bits per heavy atom. The van der Waals surface area contributed by atoms with Crippen molar-refractivity contribution in [1.82, 2.24) is 19.6 Å². The van der Waals surface area contributed by atoms with Crippen LogP contribution in [-0.2, 0) is 21.7 Å². The number of sulfone groups is 1. The van der Waals surface area contributed by atoms with E-state index in [-0.39, 0.29) is 28.7 Å². The van der Waals surface area contributed by atoms with Gasteiger partial charge in [0.1, 0.15) is 5.82 Å². The lowest BCUT2D eigenvalue weighted by Crippen LogP contribution is -2.20. The van der Waals surface area contributed by atoms with E-state index < -0.39 is 9.84 Å². The molecule has 0 aromatic carbocycles. The van der Waals surface area contributed by atoms with Crippen LogP contribution in [-0.4, -0.2) is 51.1 Å². The molecule has 25 heavy (non-hydrogen) atoms. The number of thioether (sulfide) groups is 1. The number of anilines is 1. The molecule has 1 fully saturated rings. The molecule has 2 atom stereocenters. The van der Waals surface area contributed by atoms with Gasteiger partial charge in [0.05, 0.1) is 40.4 Å². The van der Waals surface area contributed by atoms with Crippen molar-refractivity contribution in [2.45, 2.75) is 24.6 Å². The second-order valence-corrected chi connectivity index (χ2v) is 9.86. The molecule has 4 heterocycles. The van der Waals surface area contributed by atoms with Crippen molar-refractivity contribution in [1.29, 1.82) is 0 Å². The lowest BCUT2D eigenvalue weighted by atomic mass is 10.1. The molecule has 134 valence electrons. The van der Waals surface area contributed by atoms with Crippen molar-refractivity contribution in [2.24, 2.45) is 7.05 Å². The van der Waals surface area contributed by atoms with Crippen molar-refractivity contribution in [3.05, 3.63) is 29.2 Å². The van der Waals surface area contributed by atoms with Crippen LogP contribution < -0.4 is 5.32 Å². The molecular formula is C15H19N5O3S2. The van der Waals surface area contributed by atoms with Gasteiger partial charge < -0.3 is 5.32 Å². The monoisotopic (exact) mass is 381 g/mol. The summed E-state index contributed by atoms with van der Waals surface area (Å²) in [5.74, 6) is 1.10. The van der Waals surface area contributed by atoms with Gasteiger partial charge in [-0.25, -0.2) is 13.1 Å². The molecule has 0 spiro atoms. The van der Waals surface area contributed by atoms with Crippen LogP contribution in [0.4, 0.5) is 5.82 Å². The third kappa shape index (κ3) is 2.97.